The minimum absolute atomic E-state index is 0.181. The molecule has 1 aromatic carbocycles. The lowest BCUT2D eigenvalue weighted by atomic mass is 9.98. The molecule has 1 rings (SSSR count). The molecule has 5 heteroatoms. The van der Waals surface area contributed by atoms with Gasteiger partial charge in [0.1, 0.15) is 11.9 Å². The van der Waals surface area contributed by atoms with Crippen LogP contribution in [0.3, 0.4) is 0 Å². The van der Waals surface area contributed by atoms with E-state index in [1.807, 2.05) is 6.92 Å². The lowest BCUT2D eigenvalue weighted by Gasteiger charge is -2.20. The molecule has 0 saturated carbocycles. The van der Waals surface area contributed by atoms with E-state index in [1.54, 1.807) is 20.8 Å². The van der Waals surface area contributed by atoms with Crippen molar-refractivity contribution < 1.29 is 19.1 Å². The molecule has 1 aromatic rings. The van der Waals surface area contributed by atoms with Gasteiger partial charge in [-0.15, -0.1) is 0 Å². The molecule has 0 heterocycles. The molecule has 0 aromatic heterocycles. The van der Waals surface area contributed by atoms with Crippen molar-refractivity contribution in [2.24, 2.45) is 5.92 Å². The summed E-state index contributed by atoms with van der Waals surface area (Å²) in [7, 11) is 0. The summed E-state index contributed by atoms with van der Waals surface area (Å²) in [5, 5.41) is 11.6. The highest BCUT2D eigenvalue weighted by Gasteiger charge is 2.26. The Kier molecular flexibility index (Phi) is 5.25. The fourth-order valence-electron chi connectivity index (χ4n) is 1.98. The summed E-state index contributed by atoms with van der Waals surface area (Å²) in [6.45, 7) is 6.77. The number of carboxylic acids is 1. The number of nitrogens with one attached hydrogen (secondary N) is 1. The first-order valence-corrected chi connectivity index (χ1v) is 6.58. The first kappa shape index (κ1) is 16.1. The molecule has 110 valence electrons. The topological polar surface area (TPSA) is 66.4 Å². The molecule has 0 bridgehead atoms. The van der Waals surface area contributed by atoms with Crippen molar-refractivity contribution in [3.05, 3.63) is 34.6 Å². The van der Waals surface area contributed by atoms with Gasteiger partial charge in [-0.1, -0.05) is 20.3 Å². The van der Waals surface area contributed by atoms with Gasteiger partial charge in [0, 0.05) is 5.56 Å². The van der Waals surface area contributed by atoms with Crippen molar-refractivity contribution in [1.29, 1.82) is 0 Å². The van der Waals surface area contributed by atoms with Crippen molar-refractivity contribution in [1.82, 2.24) is 5.32 Å². The number of rotatable bonds is 5. The first-order valence-electron chi connectivity index (χ1n) is 6.58. The first-order chi connectivity index (χ1) is 9.27. The Labute approximate surface area is 118 Å². The van der Waals surface area contributed by atoms with Crippen LogP contribution in [0.2, 0.25) is 0 Å². The molecule has 0 aliphatic carbocycles. The van der Waals surface area contributed by atoms with Crippen LogP contribution in [-0.2, 0) is 4.79 Å². The molecule has 0 radical (unpaired) electrons. The molecule has 0 spiro atoms. The largest absolute Gasteiger partial charge is 0.480 e. The highest BCUT2D eigenvalue weighted by Crippen LogP contribution is 2.16. The van der Waals surface area contributed by atoms with Gasteiger partial charge in [-0.3, -0.25) is 4.79 Å². The van der Waals surface area contributed by atoms with Gasteiger partial charge in [0.2, 0.25) is 0 Å². The summed E-state index contributed by atoms with van der Waals surface area (Å²) in [6.07, 6.45) is 0.638. The Morgan fingerprint density at radius 3 is 2.20 bits per heavy atom. The number of hydrogen-bond donors (Lipinski definition) is 2. The quantitative estimate of drug-likeness (QED) is 0.872. The molecule has 20 heavy (non-hydrogen) atoms. The number of halogens is 1. The number of aryl methyl sites for hydroxylation is 2. The third-order valence-electron chi connectivity index (χ3n) is 3.46. The molecule has 2 unspecified atom stereocenters. The Balaban J connectivity index is 2.98. The van der Waals surface area contributed by atoms with Gasteiger partial charge in [-0.2, -0.15) is 0 Å². The van der Waals surface area contributed by atoms with Crippen LogP contribution < -0.4 is 5.32 Å². The molecular formula is C15H20FNO3. The van der Waals surface area contributed by atoms with Gasteiger partial charge in [0.05, 0.1) is 0 Å². The summed E-state index contributed by atoms with van der Waals surface area (Å²) < 4.78 is 13.5. The molecule has 2 atom stereocenters. The average molecular weight is 281 g/mol. The Hall–Kier alpha value is -1.91. The van der Waals surface area contributed by atoms with Gasteiger partial charge >= 0.3 is 5.97 Å². The van der Waals surface area contributed by atoms with Crippen LogP contribution >= 0.6 is 0 Å². The van der Waals surface area contributed by atoms with E-state index in [1.165, 1.54) is 12.1 Å². The van der Waals surface area contributed by atoms with Gasteiger partial charge in [0.25, 0.3) is 5.91 Å². The van der Waals surface area contributed by atoms with Crippen LogP contribution in [-0.4, -0.2) is 23.0 Å². The molecule has 0 saturated heterocycles. The maximum atomic E-state index is 13.5. The third kappa shape index (κ3) is 3.56. The second kappa shape index (κ2) is 6.50. The van der Waals surface area contributed by atoms with Crippen LogP contribution in [0, 0.1) is 25.6 Å². The summed E-state index contributed by atoms with van der Waals surface area (Å²) in [5.74, 6) is -2.09. The smallest absolute Gasteiger partial charge is 0.326 e. The Bertz CT molecular complexity index is 505. The zero-order chi connectivity index (χ0) is 15.4. The van der Waals surface area contributed by atoms with Crippen LogP contribution in [0.1, 0.15) is 41.8 Å². The number of carbonyl (C=O) groups is 2. The number of hydrogen-bond acceptors (Lipinski definition) is 2. The van der Waals surface area contributed by atoms with E-state index in [2.05, 4.69) is 5.32 Å². The zero-order valence-corrected chi connectivity index (χ0v) is 12.2. The molecule has 0 aliphatic rings. The van der Waals surface area contributed by atoms with Crippen molar-refractivity contribution >= 4 is 11.9 Å². The lowest BCUT2D eigenvalue weighted by Crippen LogP contribution is -2.45. The number of carboxylic acid groups (broad SMARTS) is 1. The maximum Gasteiger partial charge on any atom is 0.326 e. The van der Waals surface area contributed by atoms with Crippen LogP contribution in [0.15, 0.2) is 12.1 Å². The van der Waals surface area contributed by atoms with Gasteiger partial charge < -0.3 is 10.4 Å². The average Bonchev–Trinajstić information content (AvgIpc) is 2.39. The zero-order valence-electron chi connectivity index (χ0n) is 12.2. The minimum Gasteiger partial charge on any atom is -0.480 e. The monoisotopic (exact) mass is 281 g/mol. The fourth-order valence-corrected chi connectivity index (χ4v) is 1.98. The summed E-state index contributed by atoms with van der Waals surface area (Å²) in [4.78, 5) is 23.3. The number of carbonyl (C=O) groups excluding carboxylic acids is 1. The number of amides is 1. The van der Waals surface area contributed by atoms with Gasteiger partial charge in [-0.25, -0.2) is 9.18 Å². The highest BCUT2D eigenvalue weighted by molar-refractivity contribution is 5.97. The van der Waals surface area contributed by atoms with Gasteiger partial charge in [-0.05, 0) is 43.0 Å². The normalized spacial score (nSPS) is 13.7. The predicted octanol–water partition coefficient (Wildman–Crippen LogP) is 2.67. The van der Waals surface area contributed by atoms with Crippen LogP contribution in [0.5, 0.6) is 0 Å². The molecule has 1 amide bonds. The molecule has 0 fully saturated rings. The number of aliphatic carboxylic acids is 1. The van der Waals surface area contributed by atoms with E-state index in [0.717, 1.165) is 0 Å². The van der Waals surface area contributed by atoms with E-state index in [4.69, 9.17) is 5.11 Å². The van der Waals surface area contributed by atoms with Crippen LogP contribution in [0.25, 0.3) is 0 Å². The maximum absolute atomic E-state index is 13.5. The van der Waals surface area contributed by atoms with E-state index in [9.17, 15) is 14.0 Å². The summed E-state index contributed by atoms with van der Waals surface area (Å²) >= 11 is 0. The molecule has 4 nitrogen and oxygen atoms in total. The minimum atomic E-state index is -1.07. The van der Waals surface area contributed by atoms with Crippen molar-refractivity contribution in [2.45, 2.75) is 40.2 Å². The van der Waals surface area contributed by atoms with Crippen molar-refractivity contribution in [3.63, 3.8) is 0 Å². The van der Waals surface area contributed by atoms with E-state index in [0.29, 0.717) is 17.5 Å². The highest BCUT2D eigenvalue weighted by atomic mass is 19.1. The van der Waals surface area contributed by atoms with Gasteiger partial charge in [0.15, 0.2) is 0 Å². The van der Waals surface area contributed by atoms with E-state index >= 15 is 0 Å². The SMILES string of the molecule is CCC(C)C(NC(=O)c1cc(C)c(F)c(C)c1)C(=O)O. The molecule has 0 aliphatic heterocycles. The molecular weight excluding hydrogens is 261 g/mol. The van der Waals surface area contributed by atoms with E-state index in [-0.39, 0.29) is 17.3 Å². The number of benzene rings is 1. The second-order valence-corrected chi connectivity index (χ2v) is 5.10. The fraction of sp³-hybridized carbons (Fsp3) is 0.467. The standard InChI is InChI=1S/C15H20FNO3/c1-5-8(2)13(15(19)20)17-14(18)11-6-9(3)12(16)10(4)7-11/h6-8,13H,5H2,1-4H3,(H,17,18)(H,19,20). The van der Waals surface area contributed by atoms with Crippen molar-refractivity contribution in [2.75, 3.05) is 0 Å². The van der Waals surface area contributed by atoms with Crippen molar-refractivity contribution in [3.8, 4) is 0 Å². The third-order valence-corrected chi connectivity index (χ3v) is 3.46. The van der Waals surface area contributed by atoms with E-state index < -0.39 is 17.9 Å². The summed E-state index contributed by atoms with van der Waals surface area (Å²) in [5.41, 5.74) is 1.01. The lowest BCUT2D eigenvalue weighted by molar-refractivity contribution is -0.140. The molecule has 2 N–H and O–H groups in total. The Morgan fingerprint density at radius 1 is 1.30 bits per heavy atom. The summed E-state index contributed by atoms with van der Waals surface area (Å²) in [6, 6.07) is 1.90. The second-order valence-electron chi connectivity index (χ2n) is 5.10. The predicted molar refractivity (Wildman–Crippen MR) is 74.2 cm³/mol. The Morgan fingerprint density at radius 2 is 1.80 bits per heavy atom. The van der Waals surface area contributed by atoms with Crippen LogP contribution in [0.4, 0.5) is 4.39 Å².